The van der Waals surface area contributed by atoms with Crippen LogP contribution < -0.4 is 0 Å². The zero-order valence-corrected chi connectivity index (χ0v) is 11.6. The fourth-order valence-corrected chi connectivity index (χ4v) is 1.94. The Kier molecular flexibility index (Phi) is 3.99. The second-order valence-electron chi connectivity index (χ2n) is 4.12. The van der Waals surface area contributed by atoms with Crippen LogP contribution in [0.15, 0.2) is 12.1 Å². The van der Waals surface area contributed by atoms with Crippen LogP contribution in [0.5, 0.6) is 0 Å². The first kappa shape index (κ1) is 14.8. The Hall–Kier alpha value is -1.63. The third kappa shape index (κ3) is 2.92. The summed E-state index contributed by atoms with van der Waals surface area (Å²) < 4.78 is 39.6. The second kappa shape index (κ2) is 5.40. The molecule has 108 valence electrons. The molecule has 2 heterocycles. The molecule has 2 rings (SSSR count). The summed E-state index contributed by atoms with van der Waals surface area (Å²) in [5.74, 6) is 0.0221. The van der Waals surface area contributed by atoms with Gasteiger partial charge in [-0.2, -0.15) is 23.3 Å². The third-order valence-corrected chi connectivity index (χ3v) is 2.92. The first-order chi connectivity index (χ1) is 9.35. The fourth-order valence-electron chi connectivity index (χ4n) is 1.76. The van der Waals surface area contributed by atoms with Crippen LogP contribution in [-0.2, 0) is 19.0 Å². The molecule has 20 heavy (non-hydrogen) atoms. The fraction of sp³-hybridized carbons (Fsp3) is 0.417. The maximum Gasteiger partial charge on any atom is 0.433 e. The Morgan fingerprint density at radius 2 is 1.85 bits per heavy atom. The van der Waals surface area contributed by atoms with E-state index in [0.717, 1.165) is 17.5 Å². The van der Waals surface area contributed by atoms with Crippen LogP contribution in [0.1, 0.15) is 30.9 Å². The standard InChI is InChI=1S/C12H12ClF3N4/c1-3-7-5-8(4-2)20(19-7)10-6-9(12(14,15)16)17-11(13)18-10/h5-6H,3-4H2,1-2H3. The lowest BCUT2D eigenvalue weighted by atomic mass is 10.2. The number of rotatable bonds is 3. The van der Waals surface area contributed by atoms with Crippen molar-refractivity contribution in [2.45, 2.75) is 32.9 Å². The van der Waals surface area contributed by atoms with Crippen molar-refractivity contribution >= 4 is 11.6 Å². The van der Waals surface area contributed by atoms with Crippen molar-refractivity contribution in [1.29, 1.82) is 0 Å². The molecule has 0 unspecified atom stereocenters. The van der Waals surface area contributed by atoms with Crippen LogP contribution in [0, 0.1) is 0 Å². The van der Waals surface area contributed by atoms with Crippen molar-refractivity contribution in [1.82, 2.24) is 19.7 Å². The molecule has 0 saturated heterocycles. The van der Waals surface area contributed by atoms with Gasteiger partial charge >= 0.3 is 6.18 Å². The van der Waals surface area contributed by atoms with Crippen molar-refractivity contribution in [3.63, 3.8) is 0 Å². The zero-order chi connectivity index (χ0) is 14.9. The van der Waals surface area contributed by atoms with Gasteiger partial charge in [0.25, 0.3) is 0 Å². The molecule has 0 aliphatic heterocycles. The van der Waals surface area contributed by atoms with E-state index in [1.54, 1.807) is 0 Å². The van der Waals surface area contributed by atoms with Gasteiger partial charge in [-0.1, -0.05) is 13.8 Å². The Balaban J connectivity index is 2.58. The van der Waals surface area contributed by atoms with Crippen LogP contribution in [0.2, 0.25) is 5.28 Å². The van der Waals surface area contributed by atoms with E-state index in [4.69, 9.17) is 11.6 Å². The molecule has 0 N–H and O–H groups in total. The van der Waals surface area contributed by atoms with Gasteiger partial charge < -0.3 is 0 Å². The molecular formula is C12H12ClF3N4. The predicted molar refractivity (Wildman–Crippen MR) is 67.9 cm³/mol. The van der Waals surface area contributed by atoms with Gasteiger partial charge in [0, 0.05) is 11.8 Å². The molecule has 0 atom stereocenters. The Bertz CT molecular complexity index is 622. The Morgan fingerprint density at radius 3 is 2.40 bits per heavy atom. The van der Waals surface area contributed by atoms with Crippen molar-refractivity contribution in [2.24, 2.45) is 0 Å². The summed E-state index contributed by atoms with van der Waals surface area (Å²) in [6.07, 6.45) is -3.27. The van der Waals surface area contributed by atoms with Gasteiger partial charge in [0.1, 0.15) is 0 Å². The van der Waals surface area contributed by atoms with Crippen LogP contribution in [0.25, 0.3) is 5.82 Å². The number of aromatic nitrogens is 4. The van der Waals surface area contributed by atoms with E-state index in [2.05, 4.69) is 15.1 Å². The van der Waals surface area contributed by atoms with Gasteiger partial charge in [-0.05, 0) is 30.5 Å². The van der Waals surface area contributed by atoms with Gasteiger partial charge in [0.2, 0.25) is 5.28 Å². The highest BCUT2D eigenvalue weighted by Gasteiger charge is 2.34. The topological polar surface area (TPSA) is 43.6 Å². The molecular weight excluding hydrogens is 293 g/mol. The SMILES string of the molecule is CCc1cc(CC)n(-c2cc(C(F)(F)F)nc(Cl)n2)n1. The zero-order valence-electron chi connectivity index (χ0n) is 10.9. The highest BCUT2D eigenvalue weighted by molar-refractivity contribution is 6.28. The minimum absolute atomic E-state index is 0.0221. The highest BCUT2D eigenvalue weighted by atomic mass is 35.5. The molecule has 0 fully saturated rings. The van der Waals surface area contributed by atoms with E-state index in [1.807, 2.05) is 19.9 Å². The van der Waals surface area contributed by atoms with Gasteiger partial charge in [-0.15, -0.1) is 0 Å². The Morgan fingerprint density at radius 1 is 1.15 bits per heavy atom. The number of hydrogen-bond donors (Lipinski definition) is 0. The Labute approximate surface area is 118 Å². The van der Waals surface area contributed by atoms with E-state index in [0.29, 0.717) is 12.8 Å². The molecule has 0 spiro atoms. The van der Waals surface area contributed by atoms with Crippen molar-refractivity contribution < 1.29 is 13.2 Å². The lowest BCUT2D eigenvalue weighted by molar-refractivity contribution is -0.141. The minimum Gasteiger partial charge on any atom is -0.219 e. The summed E-state index contributed by atoms with van der Waals surface area (Å²) in [6, 6.07) is 2.68. The lowest BCUT2D eigenvalue weighted by Crippen LogP contribution is -2.12. The molecule has 2 aromatic rings. The van der Waals surface area contributed by atoms with E-state index in [1.165, 1.54) is 4.68 Å². The van der Waals surface area contributed by atoms with Gasteiger partial charge in [0.15, 0.2) is 11.5 Å². The molecule has 0 amide bonds. The van der Waals surface area contributed by atoms with Crippen LogP contribution in [-0.4, -0.2) is 19.7 Å². The second-order valence-corrected chi connectivity index (χ2v) is 4.46. The smallest absolute Gasteiger partial charge is 0.219 e. The third-order valence-electron chi connectivity index (χ3n) is 2.75. The molecule has 8 heteroatoms. The first-order valence-electron chi connectivity index (χ1n) is 6.05. The van der Waals surface area contributed by atoms with E-state index in [-0.39, 0.29) is 5.82 Å². The molecule has 0 aromatic carbocycles. The van der Waals surface area contributed by atoms with Crippen LogP contribution in [0.3, 0.4) is 0 Å². The highest BCUT2D eigenvalue weighted by Crippen LogP contribution is 2.29. The predicted octanol–water partition coefficient (Wildman–Crippen LogP) is 3.46. The van der Waals surface area contributed by atoms with E-state index in [9.17, 15) is 13.2 Å². The average molecular weight is 305 g/mol. The van der Waals surface area contributed by atoms with Crippen LogP contribution in [0.4, 0.5) is 13.2 Å². The summed E-state index contributed by atoms with van der Waals surface area (Å²) in [6.45, 7) is 3.81. The molecule has 0 bridgehead atoms. The summed E-state index contributed by atoms with van der Waals surface area (Å²) in [4.78, 5) is 7.03. The van der Waals surface area contributed by atoms with Crippen molar-refractivity contribution in [3.8, 4) is 5.82 Å². The minimum atomic E-state index is -4.57. The van der Waals surface area contributed by atoms with Crippen molar-refractivity contribution in [3.05, 3.63) is 34.5 Å². The molecule has 0 saturated carbocycles. The quantitative estimate of drug-likeness (QED) is 0.816. The number of alkyl halides is 3. The summed E-state index contributed by atoms with van der Waals surface area (Å²) in [7, 11) is 0. The monoisotopic (exact) mass is 304 g/mol. The number of hydrogen-bond acceptors (Lipinski definition) is 3. The number of aryl methyl sites for hydroxylation is 2. The average Bonchev–Trinajstić information content (AvgIpc) is 2.80. The van der Waals surface area contributed by atoms with E-state index < -0.39 is 17.2 Å². The maximum atomic E-state index is 12.7. The normalized spacial score (nSPS) is 11.9. The maximum absolute atomic E-state index is 12.7. The molecule has 4 nitrogen and oxygen atoms in total. The van der Waals surface area contributed by atoms with Gasteiger partial charge in [0.05, 0.1) is 5.69 Å². The summed E-state index contributed by atoms with van der Waals surface area (Å²) in [5, 5.41) is 3.78. The molecule has 0 radical (unpaired) electrons. The first-order valence-corrected chi connectivity index (χ1v) is 6.43. The van der Waals surface area contributed by atoms with Crippen LogP contribution >= 0.6 is 11.6 Å². The lowest BCUT2D eigenvalue weighted by Gasteiger charge is -2.09. The number of halogens is 4. The van der Waals surface area contributed by atoms with E-state index >= 15 is 0 Å². The number of nitrogens with zero attached hydrogens (tertiary/aromatic N) is 4. The summed E-state index contributed by atoms with van der Waals surface area (Å²) in [5.41, 5.74) is 0.470. The van der Waals surface area contributed by atoms with Gasteiger partial charge in [-0.25, -0.2) is 9.67 Å². The van der Waals surface area contributed by atoms with Gasteiger partial charge in [-0.3, -0.25) is 0 Å². The van der Waals surface area contributed by atoms with Crippen molar-refractivity contribution in [2.75, 3.05) is 0 Å². The molecule has 0 aliphatic carbocycles. The molecule has 2 aromatic heterocycles. The molecule has 0 aliphatic rings. The summed E-state index contributed by atoms with van der Waals surface area (Å²) >= 11 is 5.58. The largest absolute Gasteiger partial charge is 0.433 e.